The van der Waals surface area contributed by atoms with Gasteiger partial charge in [0.1, 0.15) is 0 Å². The van der Waals surface area contributed by atoms with Crippen LogP contribution >= 0.6 is 24.8 Å². The van der Waals surface area contributed by atoms with E-state index in [0.29, 0.717) is 12.8 Å². The lowest BCUT2D eigenvalue weighted by Crippen LogP contribution is -2.34. The molecule has 0 aliphatic carbocycles. The fourth-order valence-corrected chi connectivity index (χ4v) is 2.58. The van der Waals surface area contributed by atoms with Crippen molar-refractivity contribution in [3.63, 3.8) is 0 Å². The van der Waals surface area contributed by atoms with Crippen LogP contribution in [0.15, 0.2) is 67.1 Å². The number of H-pyrrole nitrogens is 1. The number of benzene rings is 2. The number of carbonyl (C=O) groups excluding carboxylic acids is 1. The third-order valence-electron chi connectivity index (χ3n) is 4.03. The summed E-state index contributed by atoms with van der Waals surface area (Å²) in [5, 5.41) is 0. The summed E-state index contributed by atoms with van der Waals surface area (Å²) in [6.07, 6.45) is 8.25. The zero-order valence-corrected chi connectivity index (χ0v) is 16.4. The molecular weight excluding hydrogens is 381 g/mol. The monoisotopic (exact) mass is 403 g/mol. The first-order valence-corrected chi connectivity index (χ1v) is 8.28. The molecule has 0 aliphatic heterocycles. The number of hydrogen-bond acceptors (Lipinski definition) is 3. The highest BCUT2D eigenvalue weighted by molar-refractivity contribution is 5.86. The van der Waals surface area contributed by atoms with Gasteiger partial charge in [0.2, 0.25) is 0 Å². The van der Waals surface area contributed by atoms with Crippen LogP contribution in [0.2, 0.25) is 0 Å². The van der Waals surface area contributed by atoms with Crippen molar-refractivity contribution in [3.8, 4) is 0 Å². The van der Waals surface area contributed by atoms with Crippen LogP contribution in [0.4, 0.5) is 0 Å². The van der Waals surface area contributed by atoms with E-state index in [1.54, 1.807) is 12.5 Å². The van der Waals surface area contributed by atoms with Crippen LogP contribution in [0.3, 0.4) is 0 Å². The molecule has 2 aromatic carbocycles. The van der Waals surface area contributed by atoms with E-state index in [9.17, 15) is 4.79 Å². The standard InChI is InChI=1S/C21H21N3O.2ClH/c22-20(13-19-14-23-15-24-19)21(25)12-18-10-8-17(9-11-18)7-6-16-4-2-1-3-5-16;;/h1-11,14-15,20H,12-13,22H2,(H,23,24);2*1H/b7-6+;;/t20-;;/m0../s1. The number of Topliss-reactive ketones (excluding diaryl/α,β-unsaturated/α-hetero) is 1. The second-order valence-electron chi connectivity index (χ2n) is 6.02. The Bertz CT molecular complexity index is 832. The van der Waals surface area contributed by atoms with E-state index in [4.69, 9.17) is 5.73 Å². The third kappa shape index (κ3) is 7.02. The first-order chi connectivity index (χ1) is 12.2. The molecule has 0 fully saturated rings. The lowest BCUT2D eigenvalue weighted by Gasteiger charge is -2.09. The maximum absolute atomic E-state index is 12.3. The Morgan fingerprint density at radius 1 is 1.00 bits per heavy atom. The second kappa shape index (κ2) is 11.3. The molecule has 0 unspecified atom stereocenters. The van der Waals surface area contributed by atoms with Gasteiger partial charge in [0.15, 0.2) is 5.78 Å². The molecule has 0 spiro atoms. The molecule has 0 radical (unpaired) electrons. The van der Waals surface area contributed by atoms with Crippen molar-refractivity contribution in [1.82, 2.24) is 9.97 Å². The molecule has 3 N–H and O–H groups in total. The van der Waals surface area contributed by atoms with E-state index in [2.05, 4.69) is 34.3 Å². The van der Waals surface area contributed by atoms with Crippen molar-refractivity contribution >= 4 is 42.7 Å². The summed E-state index contributed by atoms with van der Waals surface area (Å²) in [4.78, 5) is 19.2. The predicted molar refractivity (Wildman–Crippen MR) is 115 cm³/mol. The van der Waals surface area contributed by atoms with Gasteiger partial charge in [0.25, 0.3) is 0 Å². The normalized spacial score (nSPS) is 11.4. The van der Waals surface area contributed by atoms with Crippen molar-refractivity contribution in [2.45, 2.75) is 18.9 Å². The minimum atomic E-state index is -0.516. The van der Waals surface area contributed by atoms with E-state index < -0.39 is 6.04 Å². The highest BCUT2D eigenvalue weighted by Gasteiger charge is 2.15. The van der Waals surface area contributed by atoms with Crippen LogP contribution in [0, 0.1) is 0 Å². The molecule has 0 saturated heterocycles. The molecule has 0 saturated carbocycles. The topological polar surface area (TPSA) is 71.8 Å². The predicted octanol–water partition coefficient (Wildman–Crippen LogP) is 4.11. The third-order valence-corrected chi connectivity index (χ3v) is 4.03. The summed E-state index contributed by atoms with van der Waals surface area (Å²) in [7, 11) is 0. The molecule has 6 heteroatoms. The smallest absolute Gasteiger partial charge is 0.154 e. The minimum absolute atomic E-state index is 0. The zero-order chi connectivity index (χ0) is 17.5. The van der Waals surface area contributed by atoms with Crippen LogP contribution in [0.25, 0.3) is 12.2 Å². The lowest BCUT2D eigenvalue weighted by molar-refractivity contribution is -0.119. The maximum Gasteiger partial charge on any atom is 0.154 e. The van der Waals surface area contributed by atoms with E-state index in [-0.39, 0.29) is 30.6 Å². The van der Waals surface area contributed by atoms with Crippen molar-refractivity contribution in [2.75, 3.05) is 0 Å². The number of ketones is 1. The number of nitrogens with two attached hydrogens (primary N) is 1. The Kier molecular flexibility index (Phi) is 9.51. The number of aromatic nitrogens is 2. The molecule has 1 atom stereocenters. The van der Waals surface area contributed by atoms with Gasteiger partial charge in [-0.05, 0) is 16.7 Å². The Labute approximate surface area is 171 Å². The summed E-state index contributed by atoms with van der Waals surface area (Å²) in [6, 6.07) is 17.6. The molecule has 0 amide bonds. The van der Waals surface area contributed by atoms with Crippen LogP contribution in [0.1, 0.15) is 22.4 Å². The second-order valence-corrected chi connectivity index (χ2v) is 6.02. The minimum Gasteiger partial charge on any atom is -0.348 e. The van der Waals surface area contributed by atoms with Crippen molar-refractivity contribution in [3.05, 3.63) is 89.5 Å². The van der Waals surface area contributed by atoms with Gasteiger partial charge >= 0.3 is 0 Å². The molecule has 4 nitrogen and oxygen atoms in total. The van der Waals surface area contributed by atoms with E-state index in [1.807, 2.05) is 42.5 Å². The van der Waals surface area contributed by atoms with Crippen LogP contribution in [-0.4, -0.2) is 21.8 Å². The van der Waals surface area contributed by atoms with Crippen LogP contribution in [-0.2, 0) is 17.6 Å². The summed E-state index contributed by atoms with van der Waals surface area (Å²) >= 11 is 0. The lowest BCUT2D eigenvalue weighted by atomic mass is 10.00. The van der Waals surface area contributed by atoms with Gasteiger partial charge in [-0.15, -0.1) is 24.8 Å². The SMILES string of the molecule is Cl.Cl.N[C@@H](Cc1cnc[nH]1)C(=O)Cc1ccc(/C=C/c2ccccc2)cc1. The molecule has 3 rings (SSSR count). The van der Waals surface area contributed by atoms with Gasteiger partial charge in [-0.1, -0.05) is 66.7 Å². The van der Waals surface area contributed by atoms with Gasteiger partial charge in [0, 0.05) is 24.7 Å². The Balaban J connectivity index is 0.00000182. The average molecular weight is 404 g/mol. The Morgan fingerprint density at radius 3 is 2.22 bits per heavy atom. The number of aromatic amines is 1. The average Bonchev–Trinajstić information content (AvgIpc) is 3.15. The van der Waals surface area contributed by atoms with Crippen molar-refractivity contribution < 1.29 is 4.79 Å². The number of rotatable bonds is 7. The molecule has 0 aliphatic rings. The van der Waals surface area contributed by atoms with Gasteiger partial charge in [-0.25, -0.2) is 4.98 Å². The number of hydrogen-bond donors (Lipinski definition) is 2. The summed E-state index contributed by atoms with van der Waals surface area (Å²) in [6.45, 7) is 0. The Hall–Kier alpha value is -2.40. The van der Waals surface area contributed by atoms with Crippen molar-refractivity contribution in [2.24, 2.45) is 5.73 Å². The maximum atomic E-state index is 12.3. The molecular formula is C21H23Cl2N3O. The fraction of sp³-hybridized carbons (Fsp3) is 0.143. The number of imidazole rings is 1. The van der Waals surface area contributed by atoms with Crippen LogP contribution in [0.5, 0.6) is 0 Å². The van der Waals surface area contributed by atoms with Gasteiger partial charge in [-0.2, -0.15) is 0 Å². The number of nitrogens with one attached hydrogen (secondary N) is 1. The summed E-state index contributed by atoms with van der Waals surface area (Å²) in [5.41, 5.74) is 10.1. The van der Waals surface area contributed by atoms with E-state index in [1.165, 1.54) is 0 Å². The first-order valence-electron chi connectivity index (χ1n) is 8.28. The quantitative estimate of drug-likeness (QED) is 0.583. The molecule has 1 heterocycles. The number of nitrogens with zero attached hydrogens (tertiary/aromatic N) is 1. The highest BCUT2D eigenvalue weighted by Crippen LogP contribution is 2.11. The molecule has 27 heavy (non-hydrogen) atoms. The van der Waals surface area contributed by atoms with Gasteiger partial charge in [0.05, 0.1) is 12.4 Å². The molecule has 3 aromatic rings. The molecule has 0 bridgehead atoms. The molecule has 142 valence electrons. The summed E-state index contributed by atoms with van der Waals surface area (Å²) < 4.78 is 0. The molecule has 1 aromatic heterocycles. The number of halogens is 2. The Morgan fingerprint density at radius 2 is 1.63 bits per heavy atom. The highest BCUT2D eigenvalue weighted by atomic mass is 35.5. The largest absolute Gasteiger partial charge is 0.348 e. The van der Waals surface area contributed by atoms with Gasteiger partial charge < -0.3 is 10.7 Å². The fourth-order valence-electron chi connectivity index (χ4n) is 2.58. The van der Waals surface area contributed by atoms with E-state index in [0.717, 1.165) is 22.4 Å². The van der Waals surface area contributed by atoms with Crippen LogP contribution < -0.4 is 5.73 Å². The van der Waals surface area contributed by atoms with Gasteiger partial charge in [-0.3, -0.25) is 4.79 Å². The van der Waals surface area contributed by atoms with Crippen molar-refractivity contribution in [1.29, 1.82) is 0 Å². The first kappa shape index (κ1) is 22.6. The van der Waals surface area contributed by atoms with E-state index >= 15 is 0 Å². The summed E-state index contributed by atoms with van der Waals surface area (Å²) in [5.74, 6) is 0.0298. The number of carbonyl (C=O) groups is 1. The zero-order valence-electron chi connectivity index (χ0n) is 14.7.